The van der Waals surface area contributed by atoms with Crippen LogP contribution in [-0.2, 0) is 28.8 Å². The molecule has 0 spiro atoms. The number of primary amides is 1. The summed E-state index contributed by atoms with van der Waals surface area (Å²) in [5.74, 6) is -5.83. The van der Waals surface area contributed by atoms with Crippen LogP contribution in [0.4, 0.5) is 0 Å². The minimum atomic E-state index is -1.29. The van der Waals surface area contributed by atoms with Crippen LogP contribution in [0.1, 0.15) is 32.1 Å². The summed E-state index contributed by atoms with van der Waals surface area (Å²) in [4.78, 5) is 59.1. The summed E-state index contributed by atoms with van der Waals surface area (Å²) in [5.41, 5.74) is 19.2. The Labute approximate surface area is 182 Å². The van der Waals surface area contributed by atoms with E-state index >= 15 is 0 Å². The summed E-state index contributed by atoms with van der Waals surface area (Å²) < 4.78 is 0. The first-order chi connectivity index (χ1) is 14.6. The minimum Gasteiger partial charge on any atom is -0.481 e. The Morgan fingerprint density at radius 3 is 1.53 bits per heavy atom. The average molecular weight is 469 g/mol. The first-order valence-electron chi connectivity index (χ1n) is 9.00. The van der Waals surface area contributed by atoms with Crippen LogP contribution in [0.2, 0.25) is 0 Å². The van der Waals surface area contributed by atoms with Crippen LogP contribution in [-0.4, -0.2) is 92.5 Å². The zero-order valence-corrected chi connectivity index (χ0v) is 17.2. The largest absolute Gasteiger partial charge is 0.481 e. The summed E-state index contributed by atoms with van der Waals surface area (Å²) in [5, 5.41) is 43.1. The number of carboxylic acids is 5. The van der Waals surface area contributed by atoms with Crippen LogP contribution in [0.5, 0.6) is 0 Å². The molecule has 0 saturated carbocycles. The van der Waals surface area contributed by atoms with Crippen molar-refractivity contribution < 1.29 is 54.3 Å². The molecule has 16 heteroatoms. The molecule has 1 aliphatic rings. The number of hydrogen-bond acceptors (Lipinski definition) is 10. The van der Waals surface area contributed by atoms with E-state index in [9.17, 15) is 28.8 Å². The van der Waals surface area contributed by atoms with Gasteiger partial charge in [-0.1, -0.05) is 0 Å². The number of aliphatic carboxylic acids is 5. The fourth-order valence-corrected chi connectivity index (χ4v) is 1.59. The molecule has 0 aromatic carbocycles. The third-order valence-corrected chi connectivity index (χ3v) is 3.26. The summed E-state index contributed by atoms with van der Waals surface area (Å²) in [6, 6.07) is -2.54. The zero-order chi connectivity index (χ0) is 25.9. The van der Waals surface area contributed by atoms with Crippen LogP contribution in [0, 0.1) is 0 Å². The first-order valence-corrected chi connectivity index (χ1v) is 9.00. The van der Waals surface area contributed by atoms with Crippen molar-refractivity contribution in [3.63, 3.8) is 0 Å². The Balaban J connectivity index is -0.000000359. The van der Waals surface area contributed by atoms with Crippen molar-refractivity contribution in [2.75, 3.05) is 13.1 Å². The molecule has 32 heavy (non-hydrogen) atoms. The first kappa shape index (κ1) is 33.3. The number of carbonyl (C=O) groups is 6. The zero-order valence-electron chi connectivity index (χ0n) is 17.2. The van der Waals surface area contributed by atoms with Crippen molar-refractivity contribution in [1.29, 1.82) is 0 Å². The van der Waals surface area contributed by atoms with Crippen LogP contribution >= 0.6 is 0 Å². The van der Waals surface area contributed by atoms with Gasteiger partial charge in [0.05, 0.1) is 13.0 Å². The predicted octanol–water partition coefficient (Wildman–Crippen LogP) is -3.61. The number of carbonyl (C=O) groups excluding carboxylic acids is 1. The SMILES string of the molecule is NC(=O)CC[C@H](N)C(=O)O.NCC(=O)O.N[C@@H](CC(=O)O)C(=O)O.O=C(O)[C@@H]1CCCN1. The van der Waals surface area contributed by atoms with Gasteiger partial charge in [0.15, 0.2) is 0 Å². The normalized spacial score (nSPS) is 15.7. The van der Waals surface area contributed by atoms with Gasteiger partial charge < -0.3 is 53.8 Å². The molecule has 1 saturated heterocycles. The Morgan fingerprint density at radius 2 is 1.34 bits per heavy atom. The molecule has 186 valence electrons. The molecule has 1 rings (SSSR count). The summed E-state index contributed by atoms with van der Waals surface area (Å²) >= 11 is 0. The Morgan fingerprint density at radius 1 is 0.875 bits per heavy atom. The third-order valence-electron chi connectivity index (χ3n) is 3.26. The maximum atomic E-state index is 10.1. The van der Waals surface area contributed by atoms with E-state index in [0.717, 1.165) is 19.4 Å². The number of nitrogens with two attached hydrogens (primary N) is 4. The van der Waals surface area contributed by atoms with E-state index in [1.54, 1.807) is 0 Å². The van der Waals surface area contributed by atoms with E-state index in [1.807, 2.05) is 0 Å². The highest BCUT2D eigenvalue weighted by molar-refractivity contribution is 5.80. The van der Waals surface area contributed by atoms with E-state index in [-0.39, 0.29) is 25.4 Å². The Hall–Kier alpha value is -3.34. The third kappa shape index (κ3) is 24.7. The van der Waals surface area contributed by atoms with Gasteiger partial charge in [0, 0.05) is 6.42 Å². The number of carboxylic acid groups (broad SMARTS) is 5. The summed E-state index contributed by atoms with van der Waals surface area (Å²) in [7, 11) is 0. The minimum absolute atomic E-state index is 0.0213. The van der Waals surface area contributed by atoms with Crippen molar-refractivity contribution in [2.24, 2.45) is 22.9 Å². The fourth-order valence-electron chi connectivity index (χ4n) is 1.59. The molecule has 1 amide bonds. The highest BCUT2D eigenvalue weighted by Crippen LogP contribution is 2.03. The molecule has 1 heterocycles. The van der Waals surface area contributed by atoms with Crippen LogP contribution in [0.25, 0.3) is 0 Å². The van der Waals surface area contributed by atoms with Gasteiger partial charge in [0.25, 0.3) is 0 Å². The molecular formula is C16H31N5O11. The Bertz CT molecular complexity index is 623. The summed E-state index contributed by atoms with van der Waals surface area (Å²) in [6.07, 6.45) is 1.37. The van der Waals surface area contributed by atoms with Gasteiger partial charge in [-0.3, -0.25) is 28.8 Å². The maximum absolute atomic E-state index is 10.1. The lowest BCUT2D eigenvalue weighted by Gasteiger charge is -2.01. The van der Waals surface area contributed by atoms with E-state index in [0.29, 0.717) is 0 Å². The van der Waals surface area contributed by atoms with Crippen molar-refractivity contribution in [2.45, 2.75) is 50.2 Å². The predicted molar refractivity (Wildman–Crippen MR) is 107 cm³/mol. The lowest BCUT2D eigenvalue weighted by Crippen LogP contribution is -2.32. The van der Waals surface area contributed by atoms with Gasteiger partial charge in [-0.2, -0.15) is 0 Å². The monoisotopic (exact) mass is 469 g/mol. The molecule has 1 aliphatic heterocycles. The number of hydrogen-bond donors (Lipinski definition) is 10. The highest BCUT2D eigenvalue weighted by Gasteiger charge is 2.20. The Kier molecular flexibility index (Phi) is 20.4. The van der Waals surface area contributed by atoms with Crippen molar-refractivity contribution in [3.8, 4) is 0 Å². The highest BCUT2D eigenvalue weighted by atomic mass is 16.4. The lowest BCUT2D eigenvalue weighted by molar-refractivity contribution is -0.144. The molecule has 0 unspecified atom stereocenters. The van der Waals surface area contributed by atoms with Crippen LogP contribution in [0.15, 0.2) is 0 Å². The van der Waals surface area contributed by atoms with Gasteiger partial charge >= 0.3 is 29.8 Å². The lowest BCUT2D eigenvalue weighted by atomic mass is 10.2. The topological polar surface area (TPSA) is 320 Å². The average Bonchev–Trinajstić information content (AvgIpc) is 3.22. The van der Waals surface area contributed by atoms with E-state index < -0.39 is 54.3 Å². The van der Waals surface area contributed by atoms with Crippen LogP contribution < -0.4 is 28.3 Å². The second-order valence-electron chi connectivity index (χ2n) is 6.08. The second-order valence-corrected chi connectivity index (χ2v) is 6.08. The maximum Gasteiger partial charge on any atom is 0.321 e. The molecule has 0 bridgehead atoms. The molecule has 14 N–H and O–H groups in total. The fraction of sp³-hybridized carbons (Fsp3) is 0.625. The smallest absolute Gasteiger partial charge is 0.321 e. The van der Waals surface area contributed by atoms with Crippen molar-refractivity contribution >= 4 is 35.8 Å². The number of nitrogens with one attached hydrogen (secondary N) is 1. The quantitative estimate of drug-likeness (QED) is 0.156. The molecule has 1 fully saturated rings. The van der Waals surface area contributed by atoms with E-state index in [1.165, 1.54) is 0 Å². The van der Waals surface area contributed by atoms with Crippen LogP contribution in [0.3, 0.4) is 0 Å². The molecule has 3 atom stereocenters. The van der Waals surface area contributed by atoms with E-state index in [4.69, 9.17) is 42.7 Å². The summed E-state index contributed by atoms with van der Waals surface area (Å²) in [6.45, 7) is 0.580. The van der Waals surface area contributed by atoms with E-state index in [2.05, 4.69) is 11.1 Å². The standard InChI is InChI=1S/C5H10N2O3.C5H9NO2.C4H7NO4.C2H5NO2/c6-3(5(9)10)1-2-4(7)8;7-5(8)4-2-1-3-6-4;5-2(4(8)9)1-3(6)7;3-1-2(4)5/h3H,1-2,6H2,(H2,7,8)(H,9,10);4,6H,1-3H2,(H,7,8);2H,1,5H2,(H,6,7)(H,8,9);1,3H2,(H,4,5)/t3-;4-;2-;/m000./s1. The molecule has 0 aromatic rings. The molecule has 16 nitrogen and oxygen atoms in total. The van der Waals surface area contributed by atoms with Gasteiger partial charge in [-0.15, -0.1) is 0 Å². The van der Waals surface area contributed by atoms with Crippen molar-refractivity contribution in [1.82, 2.24) is 5.32 Å². The molecular weight excluding hydrogens is 438 g/mol. The molecule has 0 aromatic heterocycles. The number of rotatable bonds is 9. The van der Waals surface area contributed by atoms with Gasteiger partial charge in [-0.25, -0.2) is 0 Å². The van der Waals surface area contributed by atoms with Gasteiger partial charge in [0.1, 0.15) is 18.1 Å². The van der Waals surface area contributed by atoms with Gasteiger partial charge in [0.2, 0.25) is 5.91 Å². The number of amides is 1. The molecule has 0 aliphatic carbocycles. The van der Waals surface area contributed by atoms with Gasteiger partial charge in [-0.05, 0) is 25.8 Å². The van der Waals surface area contributed by atoms with Crippen molar-refractivity contribution in [3.05, 3.63) is 0 Å². The molecule has 0 radical (unpaired) electrons. The second kappa shape index (κ2) is 19.6.